The molecule has 2 aliphatic rings. The second kappa shape index (κ2) is 7.14. The van der Waals surface area contributed by atoms with Gasteiger partial charge in [-0.3, -0.25) is 0 Å². The van der Waals surface area contributed by atoms with Crippen molar-refractivity contribution in [1.82, 2.24) is 0 Å². The summed E-state index contributed by atoms with van der Waals surface area (Å²) in [5.41, 5.74) is 3.81. The van der Waals surface area contributed by atoms with Crippen LogP contribution in [0.1, 0.15) is 66.7 Å². The second-order valence-corrected chi connectivity index (χ2v) is 7.60. The molecule has 1 aliphatic heterocycles. The maximum Gasteiger partial charge on any atom is 0.0948 e. The molecule has 0 spiro atoms. The van der Waals surface area contributed by atoms with E-state index in [1.165, 1.54) is 11.1 Å². The normalized spacial score (nSPS) is 41.3. The van der Waals surface area contributed by atoms with Crippen LogP contribution in [0.25, 0.3) is 0 Å². The van der Waals surface area contributed by atoms with Gasteiger partial charge in [-0.2, -0.15) is 0 Å². The molecule has 2 heteroatoms. The number of aliphatic hydroxyl groups is 1. The van der Waals surface area contributed by atoms with E-state index < -0.39 is 6.10 Å². The summed E-state index contributed by atoms with van der Waals surface area (Å²) in [4.78, 5) is 0. The highest BCUT2D eigenvalue weighted by Crippen LogP contribution is 2.44. The topological polar surface area (TPSA) is 32.8 Å². The quantitative estimate of drug-likeness (QED) is 0.549. The Morgan fingerprint density at radius 3 is 2.59 bits per heavy atom. The van der Waals surface area contributed by atoms with Crippen molar-refractivity contribution in [3.63, 3.8) is 0 Å². The van der Waals surface area contributed by atoms with Gasteiger partial charge in [0.25, 0.3) is 0 Å². The summed E-state index contributed by atoms with van der Waals surface area (Å²) >= 11 is 0. The Morgan fingerprint density at radius 1 is 1.18 bits per heavy atom. The van der Waals surface area contributed by atoms with E-state index in [1.807, 2.05) is 0 Å². The first-order valence-corrected chi connectivity index (χ1v) is 8.70. The molecule has 0 saturated carbocycles. The van der Waals surface area contributed by atoms with Crippen LogP contribution in [0.5, 0.6) is 0 Å². The van der Waals surface area contributed by atoms with Crippen molar-refractivity contribution in [2.45, 2.75) is 84.5 Å². The maximum atomic E-state index is 10.7. The molecule has 1 N–H and O–H groups in total. The number of hydrogen-bond acceptors (Lipinski definition) is 2. The van der Waals surface area contributed by atoms with Crippen molar-refractivity contribution >= 4 is 0 Å². The number of ether oxygens (including phenoxy) is 1. The summed E-state index contributed by atoms with van der Waals surface area (Å²) < 4.78 is 5.92. The summed E-state index contributed by atoms with van der Waals surface area (Å²) in [5.74, 6) is 0.356. The predicted molar refractivity (Wildman–Crippen MR) is 92.8 cm³/mol. The monoisotopic (exact) mass is 304 g/mol. The van der Waals surface area contributed by atoms with Crippen molar-refractivity contribution in [3.05, 3.63) is 34.9 Å². The molecule has 3 atom stereocenters. The van der Waals surface area contributed by atoms with E-state index >= 15 is 0 Å². The average Bonchev–Trinajstić information content (AvgIpc) is 3.05. The number of aliphatic hydroxyl groups excluding tert-OH is 1. The van der Waals surface area contributed by atoms with E-state index in [9.17, 15) is 5.11 Å². The Hall–Kier alpha value is -0.860. The van der Waals surface area contributed by atoms with Crippen LogP contribution in [0.2, 0.25) is 0 Å². The van der Waals surface area contributed by atoms with Gasteiger partial charge in [-0.05, 0) is 57.9 Å². The number of allylic oxidation sites excluding steroid dienone is 5. The lowest BCUT2D eigenvalue weighted by molar-refractivity contribution is 0.151. The zero-order chi connectivity index (χ0) is 16.3. The summed E-state index contributed by atoms with van der Waals surface area (Å²) in [6.07, 6.45) is 11.7. The largest absolute Gasteiger partial charge is 0.389 e. The molecule has 0 aromatic carbocycles. The third kappa shape index (κ3) is 4.57. The fourth-order valence-corrected chi connectivity index (χ4v) is 3.35. The lowest BCUT2D eigenvalue weighted by atomic mass is 9.88. The summed E-state index contributed by atoms with van der Waals surface area (Å²) in [5, 5.41) is 10.7. The molecular weight excluding hydrogens is 272 g/mol. The zero-order valence-corrected chi connectivity index (χ0v) is 14.9. The molecule has 0 aromatic heterocycles. The van der Waals surface area contributed by atoms with Crippen molar-refractivity contribution < 1.29 is 9.84 Å². The second-order valence-electron chi connectivity index (χ2n) is 7.60. The molecular formula is C20H32O2. The molecule has 22 heavy (non-hydrogen) atoms. The SMILES string of the molecule is C/C1=C\C=C(\C(C)C)[C@@H](O)C[C@@]2(C)O[C@@H]2CC/C(C)=C/CC1. The first-order chi connectivity index (χ1) is 10.3. The van der Waals surface area contributed by atoms with Gasteiger partial charge in [0.1, 0.15) is 0 Å². The van der Waals surface area contributed by atoms with Gasteiger partial charge in [0.15, 0.2) is 0 Å². The Labute approximate surface area is 136 Å². The van der Waals surface area contributed by atoms with Crippen molar-refractivity contribution in [2.75, 3.05) is 0 Å². The van der Waals surface area contributed by atoms with E-state index in [0.29, 0.717) is 18.4 Å². The summed E-state index contributed by atoms with van der Waals surface area (Å²) in [6.45, 7) is 10.8. The smallest absolute Gasteiger partial charge is 0.0948 e. The highest BCUT2D eigenvalue weighted by atomic mass is 16.6. The van der Waals surface area contributed by atoms with Gasteiger partial charge < -0.3 is 9.84 Å². The predicted octanol–water partition coefficient (Wildman–Crippen LogP) is 4.94. The van der Waals surface area contributed by atoms with E-state index in [0.717, 1.165) is 31.3 Å². The van der Waals surface area contributed by atoms with E-state index in [1.54, 1.807) is 0 Å². The minimum atomic E-state index is -0.404. The van der Waals surface area contributed by atoms with Crippen molar-refractivity contribution in [1.29, 1.82) is 0 Å². The van der Waals surface area contributed by atoms with Gasteiger partial charge >= 0.3 is 0 Å². The summed E-state index contributed by atoms with van der Waals surface area (Å²) in [6, 6.07) is 0. The van der Waals surface area contributed by atoms with Gasteiger partial charge in [-0.15, -0.1) is 0 Å². The Morgan fingerprint density at radius 2 is 1.91 bits per heavy atom. The third-order valence-corrected chi connectivity index (χ3v) is 5.08. The van der Waals surface area contributed by atoms with Crippen LogP contribution in [0.4, 0.5) is 0 Å². The first-order valence-electron chi connectivity index (χ1n) is 8.70. The highest BCUT2D eigenvalue weighted by Gasteiger charge is 2.52. The van der Waals surface area contributed by atoms with Gasteiger partial charge in [-0.25, -0.2) is 0 Å². The number of epoxide rings is 1. The molecule has 2 nitrogen and oxygen atoms in total. The van der Waals surface area contributed by atoms with E-state index in [4.69, 9.17) is 4.74 Å². The third-order valence-electron chi connectivity index (χ3n) is 5.08. The van der Waals surface area contributed by atoms with Crippen LogP contribution in [-0.4, -0.2) is 22.9 Å². The molecule has 0 radical (unpaired) electrons. The number of hydrogen-bond donors (Lipinski definition) is 1. The van der Waals surface area contributed by atoms with Gasteiger partial charge in [0.05, 0.1) is 17.8 Å². The van der Waals surface area contributed by atoms with Crippen molar-refractivity contribution in [3.8, 4) is 0 Å². The standard InChI is InChI=1S/C20H32O2/c1-14(2)17-11-9-15(3)7-6-8-16(4)10-12-19-20(5,22-19)13-18(17)21/h8-9,11,14,18-19,21H,6-7,10,12-13H2,1-5H3/b15-9+,16-8+,17-11-/t18-,19+,20+/m0/s1. The Balaban J connectivity index is 2.21. The first kappa shape index (κ1) is 17.5. The molecule has 0 aromatic rings. The maximum absolute atomic E-state index is 10.7. The number of rotatable bonds is 1. The van der Waals surface area contributed by atoms with Crippen LogP contribution >= 0.6 is 0 Å². The average molecular weight is 304 g/mol. The van der Waals surface area contributed by atoms with Gasteiger partial charge in [0, 0.05) is 6.42 Å². The fraction of sp³-hybridized carbons (Fsp3) is 0.700. The van der Waals surface area contributed by atoms with Gasteiger partial charge in [-0.1, -0.05) is 43.2 Å². The van der Waals surface area contributed by atoms with Crippen molar-refractivity contribution in [2.24, 2.45) is 5.92 Å². The zero-order valence-electron chi connectivity index (χ0n) is 14.9. The minimum absolute atomic E-state index is 0.142. The molecule has 1 fully saturated rings. The van der Waals surface area contributed by atoms with Crippen LogP contribution in [0.15, 0.2) is 34.9 Å². The molecule has 2 rings (SSSR count). The Kier molecular flexibility index (Phi) is 5.68. The Bertz CT molecular complexity index is 484. The fourth-order valence-electron chi connectivity index (χ4n) is 3.35. The lowest BCUT2D eigenvalue weighted by Crippen LogP contribution is -2.24. The van der Waals surface area contributed by atoms with Crippen LogP contribution in [0.3, 0.4) is 0 Å². The minimum Gasteiger partial charge on any atom is -0.389 e. The lowest BCUT2D eigenvalue weighted by Gasteiger charge is -2.20. The molecule has 0 unspecified atom stereocenters. The molecule has 0 amide bonds. The van der Waals surface area contributed by atoms with Crippen LogP contribution in [-0.2, 0) is 4.74 Å². The number of fused-ring (bicyclic) bond motifs is 1. The highest BCUT2D eigenvalue weighted by molar-refractivity contribution is 5.23. The van der Waals surface area contributed by atoms with Gasteiger partial charge in [0.2, 0.25) is 0 Å². The van der Waals surface area contributed by atoms with Crippen LogP contribution < -0.4 is 0 Å². The molecule has 1 heterocycles. The molecule has 1 aliphatic carbocycles. The van der Waals surface area contributed by atoms with Crippen LogP contribution in [0, 0.1) is 5.92 Å². The molecule has 1 saturated heterocycles. The summed E-state index contributed by atoms with van der Waals surface area (Å²) in [7, 11) is 0. The van der Waals surface area contributed by atoms with E-state index in [-0.39, 0.29) is 5.60 Å². The van der Waals surface area contributed by atoms with E-state index in [2.05, 4.69) is 52.8 Å². The molecule has 124 valence electrons. The molecule has 0 bridgehead atoms.